The van der Waals surface area contributed by atoms with Gasteiger partial charge in [-0.25, -0.2) is 5.43 Å². The number of nitrogens with one attached hydrogen (secondary N) is 2. The molecule has 1 aliphatic heterocycles. The topological polar surface area (TPSA) is 75.5 Å². The van der Waals surface area contributed by atoms with Gasteiger partial charge in [0.05, 0.1) is 24.1 Å². The van der Waals surface area contributed by atoms with E-state index in [9.17, 15) is 0 Å². The van der Waals surface area contributed by atoms with Crippen LogP contribution in [-0.4, -0.2) is 28.8 Å². The van der Waals surface area contributed by atoms with Crippen molar-refractivity contribution in [3.63, 3.8) is 0 Å². The summed E-state index contributed by atoms with van der Waals surface area (Å²) in [4.78, 5) is 5.61. The monoisotopic (exact) mass is 419 g/mol. The van der Waals surface area contributed by atoms with E-state index in [-0.39, 0.29) is 0 Å². The molecule has 0 atom stereocenters. The number of nitrogens with zero attached hydrogens (tertiary/aromatic N) is 3. The Balaban J connectivity index is 1.43. The van der Waals surface area contributed by atoms with Crippen LogP contribution < -0.4 is 14.9 Å². The summed E-state index contributed by atoms with van der Waals surface area (Å²) in [5.74, 6) is 1.35. The van der Waals surface area contributed by atoms with E-state index in [1.165, 1.54) is 11.9 Å². The number of aryl methyl sites for hydroxylation is 1. The number of benzene rings is 2. The van der Waals surface area contributed by atoms with Crippen LogP contribution in [0.5, 0.6) is 5.75 Å². The van der Waals surface area contributed by atoms with Crippen molar-refractivity contribution in [2.75, 3.05) is 18.4 Å². The third-order valence-electron chi connectivity index (χ3n) is 4.94. The number of rotatable bonds is 6. The summed E-state index contributed by atoms with van der Waals surface area (Å²) in [5.41, 5.74) is 7.11. The van der Waals surface area contributed by atoms with E-state index in [0.717, 1.165) is 44.6 Å². The lowest BCUT2D eigenvalue weighted by Gasteiger charge is -2.16. The maximum Gasteiger partial charge on any atom is 0.191 e. The van der Waals surface area contributed by atoms with Gasteiger partial charge >= 0.3 is 0 Å². The SMILES string of the molecule is COc1cc(CN2C=CCN2)cc2onc(NSc3cccc4cc(C)cnc34)c12. The molecule has 7 nitrogen and oxygen atoms in total. The molecule has 0 unspecified atom stereocenters. The van der Waals surface area contributed by atoms with E-state index >= 15 is 0 Å². The molecule has 0 amide bonds. The minimum Gasteiger partial charge on any atom is -0.496 e. The fourth-order valence-corrected chi connectivity index (χ4v) is 4.31. The van der Waals surface area contributed by atoms with Crippen LogP contribution in [0, 0.1) is 6.92 Å². The first kappa shape index (κ1) is 18.8. The first-order chi connectivity index (χ1) is 14.7. The zero-order valence-electron chi connectivity index (χ0n) is 16.7. The largest absolute Gasteiger partial charge is 0.496 e. The molecule has 0 fully saturated rings. The van der Waals surface area contributed by atoms with Crippen molar-refractivity contribution in [3.05, 3.63) is 66.0 Å². The smallest absolute Gasteiger partial charge is 0.191 e. The minimum atomic E-state index is 0.627. The fourth-order valence-electron chi connectivity index (χ4n) is 3.55. The quantitative estimate of drug-likeness (QED) is 0.438. The zero-order chi connectivity index (χ0) is 20.5. The Morgan fingerprint density at radius 1 is 1.30 bits per heavy atom. The fraction of sp³-hybridized carbons (Fsp3) is 0.182. The summed E-state index contributed by atoms with van der Waals surface area (Å²) in [6.45, 7) is 3.60. The van der Waals surface area contributed by atoms with Crippen molar-refractivity contribution < 1.29 is 9.26 Å². The molecule has 3 heterocycles. The van der Waals surface area contributed by atoms with Crippen molar-refractivity contribution >= 4 is 39.6 Å². The van der Waals surface area contributed by atoms with Crippen molar-refractivity contribution in [3.8, 4) is 5.75 Å². The van der Waals surface area contributed by atoms with E-state index in [4.69, 9.17) is 9.26 Å². The highest BCUT2D eigenvalue weighted by Gasteiger charge is 2.17. The van der Waals surface area contributed by atoms with Gasteiger partial charge in [-0.15, -0.1) is 0 Å². The van der Waals surface area contributed by atoms with Crippen molar-refractivity contribution in [1.82, 2.24) is 20.6 Å². The Labute approximate surface area is 178 Å². The molecule has 0 saturated carbocycles. The van der Waals surface area contributed by atoms with Crippen LogP contribution in [-0.2, 0) is 6.54 Å². The van der Waals surface area contributed by atoms with Crippen LogP contribution in [0.1, 0.15) is 11.1 Å². The molecule has 0 saturated heterocycles. The Hall–Kier alpha value is -3.23. The molecule has 0 radical (unpaired) electrons. The first-order valence-electron chi connectivity index (χ1n) is 9.62. The molecule has 152 valence electrons. The minimum absolute atomic E-state index is 0.627. The van der Waals surface area contributed by atoms with Gasteiger partial charge in [0.2, 0.25) is 0 Å². The number of hydrogen-bond donors (Lipinski definition) is 2. The molecular weight excluding hydrogens is 398 g/mol. The number of pyridine rings is 1. The van der Waals surface area contributed by atoms with Gasteiger partial charge < -0.3 is 19.0 Å². The summed E-state index contributed by atoms with van der Waals surface area (Å²) in [7, 11) is 1.66. The Bertz CT molecular complexity index is 1250. The second kappa shape index (κ2) is 7.89. The number of aromatic nitrogens is 2. The normalized spacial score (nSPS) is 13.5. The van der Waals surface area contributed by atoms with Gasteiger partial charge in [0.25, 0.3) is 0 Å². The lowest BCUT2D eigenvalue weighted by Crippen LogP contribution is -2.27. The standard InChI is InChI=1S/C22H21N5O2S/c1-14-9-16-5-3-6-19(21(16)23-12-14)30-26-22-20-17(28-2)10-15(11-18(20)29-25-22)13-27-8-4-7-24-27/h3-6,8-12,24H,7,13H2,1-2H3,(H,25,26). The predicted molar refractivity (Wildman–Crippen MR) is 119 cm³/mol. The molecule has 8 heteroatoms. The van der Waals surface area contributed by atoms with Crippen molar-refractivity contribution in [1.29, 1.82) is 0 Å². The molecule has 2 N–H and O–H groups in total. The number of methoxy groups -OCH3 is 1. The number of anilines is 1. The molecule has 4 aromatic rings. The first-order valence-corrected chi connectivity index (χ1v) is 10.4. The number of hydrazine groups is 1. The lowest BCUT2D eigenvalue weighted by atomic mass is 10.1. The van der Waals surface area contributed by atoms with E-state index in [2.05, 4.69) is 38.5 Å². The van der Waals surface area contributed by atoms with Gasteiger partial charge in [0, 0.05) is 24.3 Å². The van der Waals surface area contributed by atoms with Gasteiger partial charge in [-0.3, -0.25) is 4.98 Å². The average Bonchev–Trinajstić information content (AvgIpc) is 3.41. The molecular formula is C22H21N5O2S. The van der Waals surface area contributed by atoms with E-state index in [1.807, 2.05) is 48.6 Å². The third kappa shape index (κ3) is 3.55. The maximum atomic E-state index is 5.65. The molecule has 5 rings (SSSR count). The highest BCUT2D eigenvalue weighted by molar-refractivity contribution is 8.00. The van der Waals surface area contributed by atoms with Gasteiger partial charge in [-0.1, -0.05) is 23.4 Å². The number of hydrogen-bond acceptors (Lipinski definition) is 8. The summed E-state index contributed by atoms with van der Waals surface area (Å²) in [6, 6.07) is 12.3. The number of fused-ring (bicyclic) bond motifs is 2. The van der Waals surface area contributed by atoms with E-state index < -0.39 is 0 Å². The van der Waals surface area contributed by atoms with Crippen LogP contribution in [0.4, 0.5) is 5.82 Å². The molecule has 2 aromatic carbocycles. The second-order valence-corrected chi connectivity index (χ2v) is 7.97. The Kier molecular flexibility index (Phi) is 4.94. The van der Waals surface area contributed by atoms with Gasteiger partial charge in [-0.2, -0.15) is 0 Å². The van der Waals surface area contributed by atoms with Gasteiger partial charge in [0.1, 0.15) is 11.1 Å². The average molecular weight is 420 g/mol. The molecule has 2 aromatic heterocycles. The highest BCUT2D eigenvalue weighted by Crippen LogP contribution is 2.36. The highest BCUT2D eigenvalue weighted by atomic mass is 32.2. The number of ether oxygens (including phenoxy) is 1. The Morgan fingerprint density at radius 2 is 2.23 bits per heavy atom. The van der Waals surface area contributed by atoms with E-state index in [1.54, 1.807) is 7.11 Å². The summed E-state index contributed by atoms with van der Waals surface area (Å²) in [5, 5.41) is 8.20. The van der Waals surface area contributed by atoms with Crippen LogP contribution in [0.25, 0.3) is 21.9 Å². The van der Waals surface area contributed by atoms with Crippen LogP contribution in [0.15, 0.2) is 64.3 Å². The van der Waals surface area contributed by atoms with Crippen LogP contribution in [0.2, 0.25) is 0 Å². The maximum absolute atomic E-state index is 5.65. The van der Waals surface area contributed by atoms with Gasteiger partial charge in [-0.05, 0) is 54.3 Å². The second-order valence-electron chi connectivity index (χ2n) is 7.12. The summed E-state index contributed by atoms with van der Waals surface area (Å²) < 4.78 is 14.6. The van der Waals surface area contributed by atoms with E-state index in [0.29, 0.717) is 17.9 Å². The van der Waals surface area contributed by atoms with Crippen molar-refractivity contribution in [2.45, 2.75) is 18.4 Å². The lowest BCUT2D eigenvalue weighted by molar-refractivity contribution is 0.298. The van der Waals surface area contributed by atoms with Crippen LogP contribution >= 0.6 is 11.9 Å². The zero-order valence-corrected chi connectivity index (χ0v) is 17.5. The van der Waals surface area contributed by atoms with Gasteiger partial charge in [0.15, 0.2) is 11.4 Å². The third-order valence-corrected chi connectivity index (χ3v) is 5.78. The van der Waals surface area contributed by atoms with Crippen LogP contribution in [0.3, 0.4) is 0 Å². The Morgan fingerprint density at radius 3 is 3.07 bits per heavy atom. The summed E-state index contributed by atoms with van der Waals surface area (Å²) in [6.07, 6.45) is 5.99. The molecule has 1 aliphatic rings. The molecule has 0 bridgehead atoms. The molecule has 30 heavy (non-hydrogen) atoms. The molecule has 0 aliphatic carbocycles. The summed E-state index contributed by atoms with van der Waals surface area (Å²) >= 11 is 1.46. The predicted octanol–water partition coefficient (Wildman–Crippen LogP) is 4.65. The molecule has 0 spiro atoms. The number of para-hydroxylation sites is 1. The van der Waals surface area contributed by atoms with Crippen molar-refractivity contribution in [2.24, 2.45) is 0 Å².